The molecule has 6 nitrogen and oxygen atoms in total. The Morgan fingerprint density at radius 2 is 2.05 bits per heavy atom. The van der Waals surface area contributed by atoms with Crippen LogP contribution in [0.3, 0.4) is 0 Å². The van der Waals surface area contributed by atoms with Crippen LogP contribution in [0.25, 0.3) is 0 Å². The van der Waals surface area contributed by atoms with Crippen LogP contribution in [0.1, 0.15) is 18.7 Å². The molecule has 2 aromatic rings. The third-order valence-corrected chi connectivity index (χ3v) is 6.12. The van der Waals surface area contributed by atoms with Crippen molar-refractivity contribution in [3.63, 3.8) is 0 Å². The number of hydrogen-bond acceptors (Lipinski definition) is 4. The third kappa shape index (κ3) is 3.05. The highest BCUT2D eigenvalue weighted by Gasteiger charge is 2.29. The first-order chi connectivity index (χ1) is 10.6. The zero-order chi connectivity index (χ0) is 15.6. The van der Waals surface area contributed by atoms with Crippen LogP contribution in [-0.4, -0.2) is 40.3 Å². The van der Waals surface area contributed by atoms with E-state index >= 15 is 0 Å². The summed E-state index contributed by atoms with van der Waals surface area (Å²) in [5.41, 5.74) is 0. The van der Waals surface area contributed by atoms with Gasteiger partial charge in [0.2, 0.25) is 10.0 Å². The zero-order valence-corrected chi connectivity index (χ0v) is 13.4. The molecule has 0 N–H and O–H groups in total. The quantitative estimate of drug-likeness (QED) is 0.855. The Bertz CT molecular complexity index is 719. The largest absolute Gasteiger partial charge is 0.338 e. The topological polar surface area (TPSA) is 68.1 Å². The van der Waals surface area contributed by atoms with Crippen LogP contribution in [0.4, 0.5) is 0 Å². The maximum absolute atomic E-state index is 12.5. The van der Waals surface area contributed by atoms with Crippen LogP contribution >= 0.6 is 0 Å². The van der Waals surface area contributed by atoms with E-state index in [9.17, 15) is 8.42 Å². The van der Waals surface area contributed by atoms with Crippen molar-refractivity contribution in [1.82, 2.24) is 18.8 Å². The summed E-state index contributed by atoms with van der Waals surface area (Å²) in [5, 5.41) is 0. The molecule has 0 radical (unpaired) electrons. The molecule has 3 rings (SSSR count). The van der Waals surface area contributed by atoms with Crippen molar-refractivity contribution in [1.29, 1.82) is 0 Å². The van der Waals surface area contributed by atoms with Gasteiger partial charge in [-0.15, -0.1) is 0 Å². The second kappa shape index (κ2) is 6.18. The molecule has 0 atom stereocenters. The van der Waals surface area contributed by atoms with Gasteiger partial charge in [0.25, 0.3) is 0 Å². The van der Waals surface area contributed by atoms with Crippen LogP contribution in [0, 0.1) is 5.92 Å². The van der Waals surface area contributed by atoms with Crippen molar-refractivity contribution in [2.24, 2.45) is 13.0 Å². The minimum atomic E-state index is -3.41. The van der Waals surface area contributed by atoms with Gasteiger partial charge in [-0.25, -0.2) is 13.4 Å². The SMILES string of the molecule is Cn1ccnc1CC1CCN(S(=O)(=O)c2cccnc2)CC1. The van der Waals surface area contributed by atoms with Crippen LogP contribution < -0.4 is 0 Å². The number of hydrogen-bond donors (Lipinski definition) is 0. The predicted molar refractivity (Wildman–Crippen MR) is 82.6 cm³/mol. The maximum atomic E-state index is 12.5. The van der Waals surface area contributed by atoms with E-state index in [1.165, 1.54) is 6.20 Å². The summed E-state index contributed by atoms with van der Waals surface area (Å²) >= 11 is 0. The highest BCUT2D eigenvalue weighted by Crippen LogP contribution is 2.25. The number of nitrogens with zero attached hydrogens (tertiary/aromatic N) is 4. The molecule has 22 heavy (non-hydrogen) atoms. The van der Waals surface area contributed by atoms with Gasteiger partial charge in [0.1, 0.15) is 10.7 Å². The lowest BCUT2D eigenvalue weighted by molar-refractivity contribution is 0.269. The molecule has 0 aromatic carbocycles. The van der Waals surface area contributed by atoms with Gasteiger partial charge >= 0.3 is 0 Å². The average molecular weight is 320 g/mol. The number of rotatable bonds is 4. The van der Waals surface area contributed by atoms with E-state index in [0.717, 1.165) is 25.1 Å². The Labute approximate surface area is 130 Å². The molecule has 0 saturated carbocycles. The van der Waals surface area contributed by atoms with Gasteiger partial charge in [-0.1, -0.05) is 0 Å². The average Bonchev–Trinajstić information content (AvgIpc) is 2.94. The van der Waals surface area contributed by atoms with E-state index in [1.807, 2.05) is 17.8 Å². The van der Waals surface area contributed by atoms with Gasteiger partial charge < -0.3 is 4.57 Å². The third-order valence-electron chi connectivity index (χ3n) is 4.24. The molecule has 7 heteroatoms. The summed E-state index contributed by atoms with van der Waals surface area (Å²) in [6.07, 6.45) is 9.38. The second-order valence-corrected chi connectivity index (χ2v) is 7.63. The Morgan fingerprint density at radius 3 is 2.64 bits per heavy atom. The molecule has 1 aliphatic rings. The first-order valence-corrected chi connectivity index (χ1v) is 8.88. The zero-order valence-electron chi connectivity index (χ0n) is 12.6. The first kappa shape index (κ1) is 15.2. The van der Waals surface area contributed by atoms with Crippen molar-refractivity contribution in [3.8, 4) is 0 Å². The van der Waals surface area contributed by atoms with Gasteiger partial charge in [-0.05, 0) is 30.9 Å². The molecule has 0 spiro atoms. The Morgan fingerprint density at radius 1 is 1.27 bits per heavy atom. The monoisotopic (exact) mass is 320 g/mol. The van der Waals surface area contributed by atoms with Crippen molar-refractivity contribution in [2.75, 3.05) is 13.1 Å². The van der Waals surface area contributed by atoms with Crippen molar-refractivity contribution in [2.45, 2.75) is 24.2 Å². The molecule has 0 aliphatic carbocycles. The smallest absolute Gasteiger partial charge is 0.244 e. The van der Waals surface area contributed by atoms with E-state index in [-0.39, 0.29) is 4.90 Å². The summed E-state index contributed by atoms with van der Waals surface area (Å²) in [7, 11) is -1.42. The molecular formula is C15H20N4O2S. The lowest BCUT2D eigenvalue weighted by Gasteiger charge is -2.31. The van der Waals surface area contributed by atoms with Gasteiger partial charge in [0.15, 0.2) is 0 Å². The molecule has 1 aliphatic heterocycles. The summed E-state index contributed by atoms with van der Waals surface area (Å²) < 4.78 is 28.7. The van der Waals surface area contributed by atoms with Crippen molar-refractivity contribution >= 4 is 10.0 Å². The van der Waals surface area contributed by atoms with Gasteiger partial charge in [-0.3, -0.25) is 4.98 Å². The number of aromatic nitrogens is 3. The predicted octanol–water partition coefficient (Wildman–Crippen LogP) is 1.46. The lowest BCUT2D eigenvalue weighted by Crippen LogP contribution is -2.39. The Kier molecular flexibility index (Phi) is 4.26. The summed E-state index contributed by atoms with van der Waals surface area (Å²) in [6.45, 7) is 1.12. The fraction of sp³-hybridized carbons (Fsp3) is 0.467. The molecule has 0 bridgehead atoms. The summed E-state index contributed by atoms with van der Waals surface area (Å²) in [5.74, 6) is 1.55. The number of imidazole rings is 1. The standard InChI is InChI=1S/C15H20N4O2S/c1-18-10-7-17-15(18)11-13-4-8-19(9-5-13)22(20,21)14-3-2-6-16-12-14/h2-3,6-7,10,12-13H,4-5,8-9,11H2,1H3. The lowest BCUT2D eigenvalue weighted by atomic mass is 9.94. The van der Waals surface area contributed by atoms with Gasteiger partial charge in [-0.2, -0.15) is 4.31 Å². The van der Waals surface area contributed by atoms with Gasteiger partial charge in [0.05, 0.1) is 0 Å². The fourth-order valence-corrected chi connectivity index (χ4v) is 4.29. The van der Waals surface area contributed by atoms with Crippen molar-refractivity contribution in [3.05, 3.63) is 42.7 Å². The number of sulfonamides is 1. The summed E-state index contributed by atoms with van der Waals surface area (Å²) in [4.78, 5) is 8.53. The normalized spacial score (nSPS) is 17.7. The van der Waals surface area contributed by atoms with Crippen LogP contribution in [0.5, 0.6) is 0 Å². The molecule has 0 unspecified atom stereocenters. The van der Waals surface area contributed by atoms with E-state index in [2.05, 4.69) is 9.97 Å². The molecule has 1 fully saturated rings. The second-order valence-electron chi connectivity index (χ2n) is 5.69. The minimum absolute atomic E-state index is 0.276. The minimum Gasteiger partial charge on any atom is -0.338 e. The van der Waals surface area contributed by atoms with E-state index in [1.54, 1.807) is 28.8 Å². The molecule has 0 amide bonds. The van der Waals surface area contributed by atoms with E-state index in [0.29, 0.717) is 19.0 Å². The Hall–Kier alpha value is -1.73. The van der Waals surface area contributed by atoms with Gasteiger partial charge in [0, 0.05) is 51.3 Å². The van der Waals surface area contributed by atoms with Crippen LogP contribution in [-0.2, 0) is 23.5 Å². The van der Waals surface area contributed by atoms with Crippen LogP contribution in [0.2, 0.25) is 0 Å². The highest BCUT2D eigenvalue weighted by molar-refractivity contribution is 7.89. The van der Waals surface area contributed by atoms with E-state index in [4.69, 9.17) is 0 Å². The molecular weight excluding hydrogens is 300 g/mol. The molecule has 2 aromatic heterocycles. The molecule has 1 saturated heterocycles. The highest BCUT2D eigenvalue weighted by atomic mass is 32.2. The maximum Gasteiger partial charge on any atom is 0.244 e. The molecule has 118 valence electrons. The number of piperidine rings is 1. The number of aryl methyl sites for hydroxylation is 1. The molecule has 3 heterocycles. The van der Waals surface area contributed by atoms with Crippen LogP contribution in [0.15, 0.2) is 41.8 Å². The Balaban J connectivity index is 1.63. The number of pyridine rings is 1. The first-order valence-electron chi connectivity index (χ1n) is 7.44. The van der Waals surface area contributed by atoms with Crippen molar-refractivity contribution < 1.29 is 8.42 Å². The fourth-order valence-electron chi connectivity index (χ4n) is 2.85. The van der Waals surface area contributed by atoms with E-state index < -0.39 is 10.0 Å². The summed E-state index contributed by atoms with van der Waals surface area (Å²) in [6, 6.07) is 3.25.